The number of hydrogen-bond donors (Lipinski definition) is 3. The van der Waals surface area contributed by atoms with Gasteiger partial charge >= 0.3 is 0 Å². The SMILES string of the molecule is OC(O)C1(O)CCCCC1. The lowest BCUT2D eigenvalue weighted by molar-refractivity contribution is -0.196. The van der Waals surface area contributed by atoms with Gasteiger partial charge in [-0.3, -0.25) is 0 Å². The van der Waals surface area contributed by atoms with Crippen LogP contribution in [0.15, 0.2) is 0 Å². The summed E-state index contributed by atoms with van der Waals surface area (Å²) in [5.74, 6) is 0. The number of aliphatic hydroxyl groups is 3. The molecule has 0 bridgehead atoms. The molecule has 3 nitrogen and oxygen atoms in total. The summed E-state index contributed by atoms with van der Waals surface area (Å²) in [4.78, 5) is 0. The van der Waals surface area contributed by atoms with Crippen LogP contribution in [0, 0.1) is 0 Å². The average molecular weight is 146 g/mol. The molecule has 0 spiro atoms. The zero-order valence-electron chi connectivity index (χ0n) is 5.95. The molecule has 0 aromatic heterocycles. The van der Waals surface area contributed by atoms with Crippen molar-refractivity contribution in [3.63, 3.8) is 0 Å². The zero-order chi connectivity index (χ0) is 7.61. The van der Waals surface area contributed by atoms with E-state index < -0.39 is 11.9 Å². The summed E-state index contributed by atoms with van der Waals surface area (Å²) in [5, 5.41) is 26.9. The average Bonchev–Trinajstić information content (AvgIpc) is 1.89. The fraction of sp³-hybridized carbons (Fsp3) is 1.00. The van der Waals surface area contributed by atoms with E-state index in [1.807, 2.05) is 0 Å². The molecule has 1 rings (SSSR count). The second kappa shape index (κ2) is 2.86. The van der Waals surface area contributed by atoms with Crippen molar-refractivity contribution in [1.29, 1.82) is 0 Å². The van der Waals surface area contributed by atoms with Gasteiger partial charge in [-0.25, -0.2) is 0 Å². The van der Waals surface area contributed by atoms with Gasteiger partial charge in [0.05, 0.1) is 0 Å². The van der Waals surface area contributed by atoms with Gasteiger partial charge in [0.25, 0.3) is 0 Å². The molecule has 0 unspecified atom stereocenters. The maximum atomic E-state index is 9.45. The van der Waals surface area contributed by atoms with Crippen LogP contribution in [0.4, 0.5) is 0 Å². The van der Waals surface area contributed by atoms with Crippen LogP contribution in [0.25, 0.3) is 0 Å². The molecule has 1 aliphatic rings. The van der Waals surface area contributed by atoms with Crippen LogP contribution in [0.1, 0.15) is 32.1 Å². The lowest BCUT2D eigenvalue weighted by Crippen LogP contribution is -2.43. The predicted molar refractivity (Wildman–Crippen MR) is 36.3 cm³/mol. The molecule has 10 heavy (non-hydrogen) atoms. The molecule has 1 saturated carbocycles. The number of hydrogen-bond acceptors (Lipinski definition) is 3. The maximum absolute atomic E-state index is 9.45. The van der Waals surface area contributed by atoms with E-state index in [-0.39, 0.29) is 0 Å². The van der Waals surface area contributed by atoms with E-state index in [1.54, 1.807) is 0 Å². The lowest BCUT2D eigenvalue weighted by Gasteiger charge is -2.33. The standard InChI is InChI=1S/C7H14O3/c8-6(9)7(10)4-2-1-3-5-7/h6,8-10H,1-5H2. The van der Waals surface area contributed by atoms with Gasteiger partial charge in [0.15, 0.2) is 6.29 Å². The van der Waals surface area contributed by atoms with Gasteiger partial charge in [0.1, 0.15) is 5.60 Å². The summed E-state index contributed by atoms with van der Waals surface area (Å²) < 4.78 is 0. The molecule has 3 N–H and O–H groups in total. The third-order valence-corrected chi connectivity index (χ3v) is 2.20. The van der Waals surface area contributed by atoms with Crippen LogP contribution < -0.4 is 0 Å². The topological polar surface area (TPSA) is 60.7 Å². The molecule has 0 aromatic carbocycles. The van der Waals surface area contributed by atoms with Crippen LogP contribution in [-0.2, 0) is 0 Å². The van der Waals surface area contributed by atoms with E-state index in [1.165, 1.54) is 0 Å². The van der Waals surface area contributed by atoms with Crippen molar-refractivity contribution in [2.45, 2.75) is 44.0 Å². The van der Waals surface area contributed by atoms with E-state index in [2.05, 4.69) is 0 Å². The Balaban J connectivity index is 2.48. The minimum absolute atomic E-state index is 0.519. The number of rotatable bonds is 1. The van der Waals surface area contributed by atoms with Crippen LogP contribution in [0.5, 0.6) is 0 Å². The minimum atomic E-state index is -1.56. The Morgan fingerprint density at radius 1 is 1.00 bits per heavy atom. The third kappa shape index (κ3) is 1.48. The Hall–Kier alpha value is -0.120. The van der Waals surface area contributed by atoms with Gasteiger partial charge in [0.2, 0.25) is 0 Å². The Morgan fingerprint density at radius 2 is 1.50 bits per heavy atom. The smallest absolute Gasteiger partial charge is 0.181 e. The summed E-state index contributed by atoms with van der Waals surface area (Å²) >= 11 is 0. The van der Waals surface area contributed by atoms with Gasteiger partial charge in [-0.1, -0.05) is 19.3 Å². The Kier molecular flexibility index (Phi) is 2.28. The van der Waals surface area contributed by atoms with Crippen molar-refractivity contribution in [3.05, 3.63) is 0 Å². The van der Waals surface area contributed by atoms with Gasteiger partial charge in [-0.05, 0) is 12.8 Å². The van der Waals surface area contributed by atoms with Crippen molar-refractivity contribution >= 4 is 0 Å². The monoisotopic (exact) mass is 146 g/mol. The van der Waals surface area contributed by atoms with Gasteiger partial charge in [-0.2, -0.15) is 0 Å². The minimum Gasteiger partial charge on any atom is -0.385 e. The second-order valence-corrected chi connectivity index (χ2v) is 3.04. The molecule has 0 aliphatic heterocycles. The first-order chi connectivity index (χ1) is 4.65. The molecular weight excluding hydrogens is 132 g/mol. The van der Waals surface area contributed by atoms with Crippen LogP contribution >= 0.6 is 0 Å². The largest absolute Gasteiger partial charge is 0.385 e. The Labute approximate surface area is 60.3 Å². The first-order valence-corrected chi connectivity index (χ1v) is 3.74. The molecule has 0 amide bonds. The van der Waals surface area contributed by atoms with Gasteiger partial charge in [0, 0.05) is 0 Å². The molecule has 60 valence electrons. The highest BCUT2D eigenvalue weighted by molar-refractivity contribution is 4.83. The van der Waals surface area contributed by atoms with Crippen molar-refractivity contribution in [3.8, 4) is 0 Å². The summed E-state index contributed by atoms with van der Waals surface area (Å²) in [6.07, 6.45) is 2.36. The van der Waals surface area contributed by atoms with Crippen molar-refractivity contribution in [2.75, 3.05) is 0 Å². The first-order valence-electron chi connectivity index (χ1n) is 3.74. The number of aliphatic hydroxyl groups excluding tert-OH is 1. The van der Waals surface area contributed by atoms with Crippen LogP contribution in [-0.4, -0.2) is 27.2 Å². The van der Waals surface area contributed by atoms with Crippen LogP contribution in [0.2, 0.25) is 0 Å². The fourth-order valence-electron chi connectivity index (χ4n) is 1.42. The van der Waals surface area contributed by atoms with Crippen molar-refractivity contribution in [1.82, 2.24) is 0 Å². The molecule has 3 heteroatoms. The quantitative estimate of drug-likeness (QED) is 0.456. The summed E-state index contributed by atoms with van der Waals surface area (Å²) in [7, 11) is 0. The zero-order valence-corrected chi connectivity index (χ0v) is 5.95. The highest BCUT2D eigenvalue weighted by Gasteiger charge is 2.35. The lowest BCUT2D eigenvalue weighted by atomic mass is 9.84. The maximum Gasteiger partial charge on any atom is 0.181 e. The third-order valence-electron chi connectivity index (χ3n) is 2.20. The molecular formula is C7H14O3. The summed E-state index contributed by atoms with van der Waals surface area (Å²) in [5.41, 5.74) is -1.21. The summed E-state index contributed by atoms with van der Waals surface area (Å²) in [6.45, 7) is 0. The highest BCUT2D eigenvalue weighted by Crippen LogP contribution is 2.29. The van der Waals surface area contributed by atoms with E-state index in [0.29, 0.717) is 12.8 Å². The van der Waals surface area contributed by atoms with E-state index in [0.717, 1.165) is 19.3 Å². The van der Waals surface area contributed by atoms with Crippen molar-refractivity contribution in [2.24, 2.45) is 0 Å². The van der Waals surface area contributed by atoms with Gasteiger partial charge in [-0.15, -0.1) is 0 Å². The fourth-order valence-corrected chi connectivity index (χ4v) is 1.42. The Bertz CT molecular complexity index is 105. The van der Waals surface area contributed by atoms with Crippen LogP contribution in [0.3, 0.4) is 0 Å². The highest BCUT2D eigenvalue weighted by atomic mass is 16.5. The molecule has 0 saturated heterocycles. The van der Waals surface area contributed by atoms with E-state index >= 15 is 0 Å². The molecule has 0 heterocycles. The van der Waals surface area contributed by atoms with E-state index in [4.69, 9.17) is 10.2 Å². The normalized spacial score (nSPS) is 25.2. The molecule has 1 fully saturated rings. The molecule has 0 atom stereocenters. The predicted octanol–water partition coefficient (Wildman–Crippen LogP) is -0.00770. The Morgan fingerprint density at radius 3 is 1.80 bits per heavy atom. The summed E-state index contributed by atoms with van der Waals surface area (Å²) in [6, 6.07) is 0. The molecule has 0 radical (unpaired) electrons. The first kappa shape index (κ1) is 7.98. The van der Waals surface area contributed by atoms with Gasteiger partial charge < -0.3 is 15.3 Å². The van der Waals surface area contributed by atoms with Crippen molar-refractivity contribution < 1.29 is 15.3 Å². The molecule has 1 aliphatic carbocycles. The van der Waals surface area contributed by atoms with E-state index in [9.17, 15) is 5.11 Å². The molecule has 0 aromatic rings. The second-order valence-electron chi connectivity index (χ2n) is 3.04.